The van der Waals surface area contributed by atoms with Crippen LogP contribution in [0.1, 0.15) is 84.6 Å². The van der Waals surface area contributed by atoms with Crippen molar-refractivity contribution in [2.45, 2.75) is 85.7 Å². The van der Waals surface area contributed by atoms with Gasteiger partial charge in [-0.3, -0.25) is 0 Å². The van der Waals surface area contributed by atoms with Crippen LogP contribution in [0.25, 0.3) is 0 Å². The summed E-state index contributed by atoms with van der Waals surface area (Å²) in [5.74, 6) is 3.16. The van der Waals surface area contributed by atoms with Crippen LogP contribution in [-0.4, -0.2) is 18.3 Å². The zero-order valence-corrected chi connectivity index (χ0v) is 17.4. The maximum atomic E-state index is 9.46. The van der Waals surface area contributed by atoms with Crippen LogP contribution in [0.3, 0.4) is 0 Å². The molecule has 0 spiro atoms. The number of aliphatic hydroxyl groups excluding tert-OH is 1. The van der Waals surface area contributed by atoms with Crippen molar-refractivity contribution in [2.75, 3.05) is 13.2 Å². The second-order valence-electron chi connectivity index (χ2n) is 8.15. The van der Waals surface area contributed by atoms with Gasteiger partial charge in [0, 0.05) is 6.07 Å². The number of rotatable bonds is 15. The Balaban J connectivity index is 2.32. The van der Waals surface area contributed by atoms with Crippen molar-refractivity contribution < 1.29 is 14.6 Å². The molecule has 1 aromatic carbocycles. The molecule has 0 saturated carbocycles. The standard InChI is InChI=1S/C23H40O3/c1-19(2)11-7-5-9-13-25-22-15-21(18-24)16-23(17-22)26-14-10-6-8-12-20(3)4/h15-17,19-20,24H,5-14,18H2,1-4H3. The molecule has 0 unspecified atom stereocenters. The lowest BCUT2D eigenvalue weighted by molar-refractivity contribution is 0.271. The third-order valence-electron chi connectivity index (χ3n) is 4.51. The molecule has 0 atom stereocenters. The van der Waals surface area contributed by atoms with Gasteiger partial charge < -0.3 is 14.6 Å². The van der Waals surface area contributed by atoms with E-state index in [1.54, 1.807) is 0 Å². The molecule has 3 heteroatoms. The number of benzene rings is 1. The predicted molar refractivity (Wildman–Crippen MR) is 110 cm³/mol. The largest absolute Gasteiger partial charge is 0.493 e. The van der Waals surface area contributed by atoms with Crippen LogP contribution in [0.4, 0.5) is 0 Å². The number of hydrogen-bond donors (Lipinski definition) is 1. The number of aliphatic hydroxyl groups is 1. The summed E-state index contributed by atoms with van der Waals surface area (Å²) in [5, 5.41) is 9.46. The highest BCUT2D eigenvalue weighted by atomic mass is 16.5. The molecule has 0 radical (unpaired) electrons. The van der Waals surface area contributed by atoms with Gasteiger partial charge in [-0.2, -0.15) is 0 Å². The van der Waals surface area contributed by atoms with E-state index < -0.39 is 0 Å². The number of hydrogen-bond acceptors (Lipinski definition) is 3. The summed E-state index contributed by atoms with van der Waals surface area (Å²) in [7, 11) is 0. The monoisotopic (exact) mass is 364 g/mol. The molecule has 1 aromatic rings. The lowest BCUT2D eigenvalue weighted by Crippen LogP contribution is -2.02. The summed E-state index contributed by atoms with van der Waals surface area (Å²) in [6.07, 6.45) is 9.66. The average molecular weight is 365 g/mol. The fourth-order valence-electron chi connectivity index (χ4n) is 2.93. The highest BCUT2D eigenvalue weighted by Gasteiger charge is 2.04. The van der Waals surface area contributed by atoms with Gasteiger partial charge in [0.15, 0.2) is 0 Å². The first-order valence-corrected chi connectivity index (χ1v) is 10.5. The Kier molecular flexibility index (Phi) is 12.2. The van der Waals surface area contributed by atoms with E-state index in [-0.39, 0.29) is 6.61 Å². The third-order valence-corrected chi connectivity index (χ3v) is 4.51. The van der Waals surface area contributed by atoms with E-state index in [0.29, 0.717) is 0 Å². The zero-order valence-electron chi connectivity index (χ0n) is 17.4. The van der Waals surface area contributed by atoms with Gasteiger partial charge in [0.25, 0.3) is 0 Å². The van der Waals surface area contributed by atoms with Crippen molar-refractivity contribution in [1.29, 1.82) is 0 Å². The second kappa shape index (κ2) is 13.9. The first-order chi connectivity index (χ1) is 12.5. The number of unbranched alkanes of at least 4 members (excludes halogenated alkanes) is 4. The molecule has 1 rings (SSSR count). The van der Waals surface area contributed by atoms with Crippen molar-refractivity contribution in [3.8, 4) is 11.5 Å². The van der Waals surface area contributed by atoms with Crippen LogP contribution in [0.5, 0.6) is 11.5 Å². The Morgan fingerprint density at radius 2 is 1.15 bits per heavy atom. The maximum absolute atomic E-state index is 9.46. The quantitative estimate of drug-likeness (QED) is 0.367. The molecule has 0 saturated heterocycles. The average Bonchev–Trinajstić information content (AvgIpc) is 2.60. The van der Waals surface area contributed by atoms with Crippen LogP contribution in [0.15, 0.2) is 18.2 Å². The highest BCUT2D eigenvalue weighted by molar-refractivity contribution is 5.38. The first kappa shape index (κ1) is 22.8. The molecule has 1 N–H and O–H groups in total. The molecule has 150 valence electrons. The molecule has 3 nitrogen and oxygen atoms in total. The van der Waals surface area contributed by atoms with Gasteiger partial charge in [0.2, 0.25) is 0 Å². The van der Waals surface area contributed by atoms with Crippen LogP contribution in [-0.2, 0) is 6.61 Å². The summed E-state index contributed by atoms with van der Waals surface area (Å²) in [4.78, 5) is 0. The zero-order chi connectivity index (χ0) is 19.2. The smallest absolute Gasteiger partial charge is 0.123 e. The Morgan fingerprint density at radius 1 is 0.692 bits per heavy atom. The molecule has 0 amide bonds. The molecule has 0 heterocycles. The molecule has 0 fully saturated rings. The summed E-state index contributed by atoms with van der Waals surface area (Å²) in [6.45, 7) is 10.5. The Morgan fingerprint density at radius 3 is 1.54 bits per heavy atom. The van der Waals surface area contributed by atoms with Crippen LogP contribution in [0, 0.1) is 11.8 Å². The van der Waals surface area contributed by atoms with Gasteiger partial charge in [-0.25, -0.2) is 0 Å². The summed E-state index contributed by atoms with van der Waals surface area (Å²) < 4.78 is 11.8. The molecular weight excluding hydrogens is 324 g/mol. The van der Waals surface area contributed by atoms with Crippen LogP contribution >= 0.6 is 0 Å². The number of ether oxygens (including phenoxy) is 2. The molecule has 0 aliphatic rings. The topological polar surface area (TPSA) is 38.7 Å². The normalized spacial score (nSPS) is 11.3. The van der Waals surface area contributed by atoms with Gasteiger partial charge >= 0.3 is 0 Å². The van der Waals surface area contributed by atoms with Crippen molar-refractivity contribution in [3.63, 3.8) is 0 Å². The Bertz CT molecular complexity index is 430. The SMILES string of the molecule is CC(C)CCCCCOc1cc(CO)cc(OCCCCCC(C)C)c1. The molecule has 0 aliphatic heterocycles. The minimum Gasteiger partial charge on any atom is -0.493 e. The van der Waals surface area contributed by atoms with Gasteiger partial charge in [0.1, 0.15) is 11.5 Å². The van der Waals surface area contributed by atoms with E-state index in [4.69, 9.17) is 9.47 Å². The van der Waals surface area contributed by atoms with Crippen molar-refractivity contribution in [2.24, 2.45) is 11.8 Å². The van der Waals surface area contributed by atoms with Crippen molar-refractivity contribution in [1.82, 2.24) is 0 Å². The summed E-state index contributed by atoms with van der Waals surface area (Å²) in [5.41, 5.74) is 0.845. The van der Waals surface area contributed by atoms with E-state index in [2.05, 4.69) is 27.7 Å². The van der Waals surface area contributed by atoms with E-state index in [0.717, 1.165) is 55.0 Å². The predicted octanol–water partition coefficient (Wildman–Crippen LogP) is 6.37. The Labute approximate surface area is 161 Å². The van der Waals surface area contributed by atoms with Crippen molar-refractivity contribution in [3.05, 3.63) is 23.8 Å². The first-order valence-electron chi connectivity index (χ1n) is 10.5. The van der Waals surface area contributed by atoms with E-state index in [1.807, 2.05) is 18.2 Å². The summed E-state index contributed by atoms with van der Waals surface area (Å²) in [6, 6.07) is 5.76. The minimum absolute atomic E-state index is 0.0103. The van der Waals surface area contributed by atoms with Gasteiger partial charge in [-0.15, -0.1) is 0 Å². The highest BCUT2D eigenvalue weighted by Crippen LogP contribution is 2.24. The Hall–Kier alpha value is -1.22. The lowest BCUT2D eigenvalue weighted by atomic mass is 10.1. The maximum Gasteiger partial charge on any atom is 0.123 e. The molecule has 0 aliphatic carbocycles. The van der Waals surface area contributed by atoms with E-state index in [1.165, 1.54) is 38.5 Å². The summed E-state index contributed by atoms with van der Waals surface area (Å²) >= 11 is 0. The van der Waals surface area contributed by atoms with Gasteiger partial charge in [0.05, 0.1) is 19.8 Å². The molecule has 26 heavy (non-hydrogen) atoms. The fourth-order valence-corrected chi connectivity index (χ4v) is 2.93. The fraction of sp³-hybridized carbons (Fsp3) is 0.739. The molecule has 0 aromatic heterocycles. The van der Waals surface area contributed by atoms with Crippen molar-refractivity contribution >= 4 is 0 Å². The van der Waals surface area contributed by atoms with Crippen LogP contribution in [0.2, 0.25) is 0 Å². The van der Waals surface area contributed by atoms with E-state index in [9.17, 15) is 5.11 Å². The van der Waals surface area contributed by atoms with Crippen LogP contribution < -0.4 is 9.47 Å². The minimum atomic E-state index is 0.0103. The third kappa shape index (κ3) is 11.4. The second-order valence-corrected chi connectivity index (χ2v) is 8.15. The molecule has 0 bridgehead atoms. The van der Waals surface area contributed by atoms with E-state index >= 15 is 0 Å². The van der Waals surface area contributed by atoms with Gasteiger partial charge in [-0.05, 0) is 42.4 Å². The van der Waals surface area contributed by atoms with Gasteiger partial charge in [-0.1, -0.05) is 66.2 Å². The lowest BCUT2D eigenvalue weighted by Gasteiger charge is -2.12. The molecular formula is C23H40O3.